The monoisotopic (exact) mass is 299 g/mol. The van der Waals surface area contributed by atoms with E-state index in [1.165, 1.54) is 18.2 Å². The van der Waals surface area contributed by atoms with Gasteiger partial charge in [-0.2, -0.15) is 0 Å². The zero-order chi connectivity index (χ0) is 14.8. The van der Waals surface area contributed by atoms with Gasteiger partial charge in [-0.1, -0.05) is 11.6 Å². The molecule has 1 aromatic rings. The van der Waals surface area contributed by atoms with E-state index in [1.54, 1.807) is 0 Å². The number of rotatable bonds is 3. The van der Waals surface area contributed by atoms with E-state index in [2.05, 4.69) is 5.32 Å². The lowest BCUT2D eigenvalue weighted by molar-refractivity contribution is -0.384. The Labute approximate surface area is 120 Å². The third kappa shape index (κ3) is 3.06. The SMILES string of the molecule is NC1(C(=O)Nc2ccc([N+](=O)[O-])cc2Cl)CCOCC1. The molecule has 108 valence electrons. The van der Waals surface area contributed by atoms with Gasteiger partial charge in [0.25, 0.3) is 5.69 Å². The maximum atomic E-state index is 12.2. The number of anilines is 1. The van der Waals surface area contributed by atoms with E-state index < -0.39 is 10.5 Å². The average Bonchev–Trinajstić information content (AvgIpc) is 2.41. The zero-order valence-electron chi connectivity index (χ0n) is 10.6. The molecule has 20 heavy (non-hydrogen) atoms. The third-order valence-electron chi connectivity index (χ3n) is 3.25. The predicted octanol–water partition coefficient (Wildman–Crippen LogP) is 1.69. The van der Waals surface area contributed by atoms with Gasteiger partial charge in [-0.05, 0) is 18.9 Å². The summed E-state index contributed by atoms with van der Waals surface area (Å²) in [5.41, 5.74) is 5.21. The summed E-state index contributed by atoms with van der Waals surface area (Å²) in [4.78, 5) is 22.2. The van der Waals surface area contributed by atoms with E-state index in [9.17, 15) is 14.9 Å². The third-order valence-corrected chi connectivity index (χ3v) is 3.56. The van der Waals surface area contributed by atoms with E-state index >= 15 is 0 Å². The Morgan fingerprint density at radius 2 is 2.10 bits per heavy atom. The second kappa shape index (κ2) is 5.74. The van der Waals surface area contributed by atoms with Crippen LogP contribution in [0.25, 0.3) is 0 Å². The summed E-state index contributed by atoms with van der Waals surface area (Å²) < 4.78 is 5.17. The molecule has 1 aliphatic heterocycles. The van der Waals surface area contributed by atoms with Gasteiger partial charge in [0, 0.05) is 25.3 Å². The maximum Gasteiger partial charge on any atom is 0.271 e. The van der Waals surface area contributed by atoms with Crippen molar-refractivity contribution in [2.24, 2.45) is 5.73 Å². The lowest BCUT2D eigenvalue weighted by Gasteiger charge is -2.31. The van der Waals surface area contributed by atoms with Crippen molar-refractivity contribution in [3.8, 4) is 0 Å². The molecule has 0 atom stereocenters. The van der Waals surface area contributed by atoms with Gasteiger partial charge in [-0.15, -0.1) is 0 Å². The Hall–Kier alpha value is -1.70. The smallest absolute Gasteiger partial charge is 0.271 e. The summed E-state index contributed by atoms with van der Waals surface area (Å²) in [5, 5.41) is 13.3. The second-order valence-corrected chi connectivity index (χ2v) is 5.05. The number of hydrogen-bond acceptors (Lipinski definition) is 5. The van der Waals surface area contributed by atoms with Gasteiger partial charge in [-0.3, -0.25) is 14.9 Å². The molecule has 0 unspecified atom stereocenters. The molecule has 0 aromatic heterocycles. The molecule has 1 aliphatic rings. The molecule has 0 spiro atoms. The first-order valence-corrected chi connectivity index (χ1v) is 6.42. The van der Waals surface area contributed by atoms with Crippen LogP contribution in [0.2, 0.25) is 5.02 Å². The van der Waals surface area contributed by atoms with E-state index in [4.69, 9.17) is 22.1 Å². The van der Waals surface area contributed by atoms with Crippen LogP contribution in [0.1, 0.15) is 12.8 Å². The van der Waals surface area contributed by atoms with Crippen LogP contribution in [0.3, 0.4) is 0 Å². The topological polar surface area (TPSA) is 107 Å². The Kier molecular flexibility index (Phi) is 4.22. The lowest BCUT2D eigenvalue weighted by Crippen LogP contribution is -2.54. The lowest BCUT2D eigenvalue weighted by atomic mass is 9.90. The van der Waals surface area contributed by atoms with Gasteiger partial charge in [0.1, 0.15) is 5.54 Å². The van der Waals surface area contributed by atoms with Gasteiger partial charge < -0.3 is 15.8 Å². The van der Waals surface area contributed by atoms with Gasteiger partial charge in [0.15, 0.2) is 0 Å². The first-order chi connectivity index (χ1) is 9.42. The number of nitrogens with one attached hydrogen (secondary N) is 1. The molecule has 0 aliphatic carbocycles. The molecule has 7 nitrogen and oxygen atoms in total. The van der Waals surface area contributed by atoms with Crippen molar-refractivity contribution in [3.05, 3.63) is 33.3 Å². The molecule has 1 heterocycles. The molecule has 1 saturated heterocycles. The van der Waals surface area contributed by atoms with Crippen LogP contribution < -0.4 is 11.1 Å². The number of ether oxygens (including phenoxy) is 1. The fourth-order valence-corrected chi connectivity index (χ4v) is 2.15. The van der Waals surface area contributed by atoms with E-state index in [0.717, 1.165) is 0 Å². The van der Waals surface area contributed by atoms with Crippen molar-refractivity contribution in [1.82, 2.24) is 0 Å². The standard InChI is InChI=1S/C12H14ClN3O4/c13-9-7-8(16(18)19)1-2-10(9)15-11(17)12(14)3-5-20-6-4-12/h1-2,7H,3-6,14H2,(H,15,17). The van der Waals surface area contributed by atoms with Gasteiger partial charge >= 0.3 is 0 Å². The summed E-state index contributed by atoms with van der Waals surface area (Å²) in [6.07, 6.45) is 0.840. The normalized spacial score (nSPS) is 17.5. The molecule has 1 aromatic carbocycles. The van der Waals surface area contributed by atoms with Crippen LogP contribution in [-0.4, -0.2) is 29.6 Å². The minimum atomic E-state index is -0.997. The molecule has 0 bridgehead atoms. The van der Waals surface area contributed by atoms with Crippen molar-refractivity contribution >= 4 is 28.9 Å². The predicted molar refractivity (Wildman–Crippen MR) is 73.7 cm³/mol. The molecule has 1 fully saturated rings. The molecule has 3 N–H and O–H groups in total. The quantitative estimate of drug-likeness (QED) is 0.652. The second-order valence-electron chi connectivity index (χ2n) is 4.64. The number of nitro benzene ring substituents is 1. The van der Waals surface area contributed by atoms with Crippen molar-refractivity contribution < 1.29 is 14.5 Å². The fraction of sp³-hybridized carbons (Fsp3) is 0.417. The molecule has 0 radical (unpaired) electrons. The van der Waals surface area contributed by atoms with Gasteiger partial charge in [-0.25, -0.2) is 0 Å². The highest BCUT2D eigenvalue weighted by molar-refractivity contribution is 6.34. The number of nitrogens with zero attached hydrogens (tertiary/aromatic N) is 1. The largest absolute Gasteiger partial charge is 0.381 e. The number of nitro groups is 1. The van der Waals surface area contributed by atoms with E-state index in [1.807, 2.05) is 0 Å². The number of halogens is 1. The van der Waals surface area contributed by atoms with Crippen LogP contribution in [0, 0.1) is 10.1 Å². The van der Waals surface area contributed by atoms with Crippen molar-refractivity contribution in [2.75, 3.05) is 18.5 Å². The number of nitrogens with two attached hydrogens (primary N) is 1. The molecular formula is C12H14ClN3O4. The molecule has 2 rings (SSSR count). The summed E-state index contributed by atoms with van der Waals surface area (Å²) >= 11 is 5.92. The first kappa shape index (κ1) is 14.7. The highest BCUT2D eigenvalue weighted by atomic mass is 35.5. The molecular weight excluding hydrogens is 286 g/mol. The average molecular weight is 300 g/mol. The molecule has 1 amide bonds. The Balaban J connectivity index is 2.13. The minimum absolute atomic E-state index is 0.100. The van der Waals surface area contributed by atoms with Crippen molar-refractivity contribution in [3.63, 3.8) is 0 Å². The number of amides is 1. The summed E-state index contributed by atoms with van der Waals surface area (Å²) in [7, 11) is 0. The van der Waals surface area contributed by atoms with Crippen molar-refractivity contribution in [1.29, 1.82) is 0 Å². The molecule has 0 saturated carbocycles. The Bertz CT molecular complexity index is 544. The van der Waals surface area contributed by atoms with E-state index in [0.29, 0.717) is 31.7 Å². The van der Waals surface area contributed by atoms with Crippen LogP contribution in [-0.2, 0) is 9.53 Å². The van der Waals surface area contributed by atoms with Crippen LogP contribution in [0.4, 0.5) is 11.4 Å². The molecule has 8 heteroatoms. The van der Waals surface area contributed by atoms with Gasteiger partial charge in [0.05, 0.1) is 15.6 Å². The highest BCUT2D eigenvalue weighted by Crippen LogP contribution is 2.28. The van der Waals surface area contributed by atoms with Crippen LogP contribution in [0.5, 0.6) is 0 Å². The van der Waals surface area contributed by atoms with E-state index in [-0.39, 0.29) is 16.6 Å². The first-order valence-electron chi connectivity index (χ1n) is 6.04. The number of hydrogen-bond donors (Lipinski definition) is 2. The highest BCUT2D eigenvalue weighted by Gasteiger charge is 2.36. The summed E-state index contributed by atoms with van der Waals surface area (Å²) in [6.45, 7) is 0.857. The number of benzene rings is 1. The Morgan fingerprint density at radius 3 is 2.65 bits per heavy atom. The zero-order valence-corrected chi connectivity index (χ0v) is 11.4. The number of carbonyl (C=O) groups excluding carboxylic acids is 1. The Morgan fingerprint density at radius 1 is 1.45 bits per heavy atom. The van der Waals surface area contributed by atoms with Crippen molar-refractivity contribution in [2.45, 2.75) is 18.4 Å². The minimum Gasteiger partial charge on any atom is -0.381 e. The summed E-state index contributed by atoms with van der Waals surface area (Å²) in [6, 6.07) is 3.85. The summed E-state index contributed by atoms with van der Waals surface area (Å²) in [5.74, 6) is -0.364. The maximum absolute atomic E-state index is 12.2. The fourth-order valence-electron chi connectivity index (χ4n) is 1.93. The van der Waals surface area contributed by atoms with Gasteiger partial charge in [0.2, 0.25) is 5.91 Å². The number of non-ortho nitro benzene ring substituents is 1. The number of carbonyl (C=O) groups is 1. The van der Waals surface area contributed by atoms with Crippen LogP contribution in [0.15, 0.2) is 18.2 Å². The van der Waals surface area contributed by atoms with Crippen LogP contribution >= 0.6 is 11.6 Å².